The van der Waals surface area contributed by atoms with Gasteiger partial charge < -0.3 is 4.74 Å². The highest BCUT2D eigenvalue weighted by atomic mass is 16.6. The average molecular weight is 257 g/mol. The van der Waals surface area contributed by atoms with Crippen molar-refractivity contribution in [1.29, 1.82) is 0 Å². The van der Waals surface area contributed by atoms with Crippen LogP contribution in [0, 0.1) is 10.1 Å². The molecule has 0 amide bonds. The van der Waals surface area contributed by atoms with Crippen LogP contribution in [0.1, 0.15) is 17.3 Å². The van der Waals surface area contributed by atoms with Gasteiger partial charge in [0.05, 0.1) is 10.5 Å². The minimum absolute atomic E-state index is 0.112. The van der Waals surface area contributed by atoms with E-state index in [0.29, 0.717) is 11.3 Å². The standard InChI is InChI=1S/C14H11NO4/c1-10(16)11-6-2-4-8-13(11)19-14-9-5-3-7-12(14)15(17)18/h2-9H,1H3. The summed E-state index contributed by atoms with van der Waals surface area (Å²) in [6, 6.07) is 12.7. The number of carbonyl (C=O) groups is 1. The zero-order valence-electron chi connectivity index (χ0n) is 10.2. The molecule has 0 atom stereocenters. The van der Waals surface area contributed by atoms with Crippen molar-refractivity contribution in [3.05, 3.63) is 64.2 Å². The summed E-state index contributed by atoms with van der Waals surface area (Å²) in [4.78, 5) is 21.8. The van der Waals surface area contributed by atoms with Gasteiger partial charge in [-0.05, 0) is 25.1 Å². The van der Waals surface area contributed by atoms with E-state index in [4.69, 9.17) is 4.74 Å². The number of nitrogens with zero attached hydrogens (tertiary/aromatic N) is 1. The van der Waals surface area contributed by atoms with E-state index in [1.165, 1.54) is 19.1 Å². The molecule has 0 unspecified atom stereocenters. The number of carbonyl (C=O) groups excluding carboxylic acids is 1. The minimum Gasteiger partial charge on any atom is -0.449 e. The van der Waals surface area contributed by atoms with E-state index >= 15 is 0 Å². The van der Waals surface area contributed by atoms with E-state index in [2.05, 4.69) is 0 Å². The molecule has 5 nitrogen and oxygen atoms in total. The Morgan fingerprint density at radius 1 is 1.05 bits per heavy atom. The summed E-state index contributed by atoms with van der Waals surface area (Å²) in [6.07, 6.45) is 0. The van der Waals surface area contributed by atoms with Crippen molar-refractivity contribution >= 4 is 11.5 Å². The van der Waals surface area contributed by atoms with Gasteiger partial charge in [0.1, 0.15) is 5.75 Å². The number of ketones is 1. The molecule has 0 heterocycles. The molecule has 0 bridgehead atoms. The Kier molecular flexibility index (Phi) is 3.56. The third-order valence-electron chi connectivity index (χ3n) is 2.55. The van der Waals surface area contributed by atoms with E-state index in [1.807, 2.05) is 0 Å². The molecule has 0 aromatic heterocycles. The van der Waals surface area contributed by atoms with Crippen LogP contribution in [-0.2, 0) is 0 Å². The summed E-state index contributed by atoms with van der Waals surface area (Å²) < 4.78 is 5.50. The van der Waals surface area contributed by atoms with Crippen molar-refractivity contribution in [3.8, 4) is 11.5 Å². The van der Waals surface area contributed by atoms with Gasteiger partial charge in [0.2, 0.25) is 5.75 Å². The fourth-order valence-electron chi connectivity index (χ4n) is 1.66. The van der Waals surface area contributed by atoms with Crippen LogP contribution in [0.4, 0.5) is 5.69 Å². The van der Waals surface area contributed by atoms with Gasteiger partial charge in [-0.25, -0.2) is 0 Å². The largest absolute Gasteiger partial charge is 0.449 e. The molecule has 0 N–H and O–H groups in total. The molecule has 5 heteroatoms. The predicted octanol–water partition coefficient (Wildman–Crippen LogP) is 3.59. The summed E-state index contributed by atoms with van der Waals surface area (Å²) >= 11 is 0. The van der Waals surface area contributed by atoms with Crippen LogP contribution in [0.15, 0.2) is 48.5 Å². The Morgan fingerprint density at radius 2 is 1.63 bits per heavy atom. The second-order valence-corrected chi connectivity index (χ2v) is 3.88. The van der Waals surface area contributed by atoms with Crippen LogP contribution >= 0.6 is 0 Å². The normalized spacial score (nSPS) is 9.95. The molecule has 0 saturated carbocycles. The summed E-state index contributed by atoms with van der Waals surface area (Å²) in [6.45, 7) is 1.42. The van der Waals surface area contributed by atoms with Gasteiger partial charge in [-0.1, -0.05) is 24.3 Å². The Morgan fingerprint density at radius 3 is 2.26 bits per heavy atom. The van der Waals surface area contributed by atoms with Gasteiger partial charge in [0, 0.05) is 6.07 Å². The third-order valence-corrected chi connectivity index (χ3v) is 2.55. The minimum atomic E-state index is -0.522. The number of hydrogen-bond acceptors (Lipinski definition) is 4. The van der Waals surface area contributed by atoms with E-state index in [-0.39, 0.29) is 17.2 Å². The van der Waals surface area contributed by atoms with Gasteiger partial charge in [-0.15, -0.1) is 0 Å². The molecule has 0 fully saturated rings. The van der Waals surface area contributed by atoms with Gasteiger partial charge in [0.15, 0.2) is 5.78 Å². The second kappa shape index (κ2) is 5.30. The highest BCUT2D eigenvalue weighted by Gasteiger charge is 2.16. The lowest BCUT2D eigenvalue weighted by molar-refractivity contribution is -0.385. The summed E-state index contributed by atoms with van der Waals surface area (Å²) in [7, 11) is 0. The lowest BCUT2D eigenvalue weighted by Crippen LogP contribution is -1.98. The lowest BCUT2D eigenvalue weighted by atomic mass is 10.1. The smallest absolute Gasteiger partial charge is 0.311 e. The summed E-state index contributed by atoms with van der Waals surface area (Å²) in [5.41, 5.74) is 0.251. The first kappa shape index (κ1) is 12.8. The van der Waals surface area contributed by atoms with Crippen LogP contribution in [0.25, 0.3) is 0 Å². The number of para-hydroxylation sites is 3. The van der Waals surface area contributed by atoms with Crippen LogP contribution in [0.5, 0.6) is 11.5 Å². The first-order valence-electron chi connectivity index (χ1n) is 5.61. The van der Waals surface area contributed by atoms with Crippen LogP contribution < -0.4 is 4.74 Å². The van der Waals surface area contributed by atoms with Crippen LogP contribution in [0.3, 0.4) is 0 Å². The molecular weight excluding hydrogens is 246 g/mol. The maximum Gasteiger partial charge on any atom is 0.311 e. The Bertz CT molecular complexity index is 581. The van der Waals surface area contributed by atoms with E-state index in [1.54, 1.807) is 36.4 Å². The zero-order chi connectivity index (χ0) is 13.8. The first-order valence-corrected chi connectivity index (χ1v) is 5.61. The van der Waals surface area contributed by atoms with E-state index < -0.39 is 4.92 Å². The number of Topliss-reactive ketones (excluding diaryl/α,β-unsaturated/α-hetero) is 1. The fraction of sp³-hybridized carbons (Fsp3) is 0.0714. The summed E-state index contributed by atoms with van der Waals surface area (Å²) in [5.74, 6) is 0.264. The SMILES string of the molecule is CC(=O)c1ccccc1Oc1ccccc1[N+](=O)[O-]. The Balaban J connectivity index is 2.42. The maximum absolute atomic E-state index is 11.5. The molecule has 0 aliphatic heterocycles. The predicted molar refractivity (Wildman–Crippen MR) is 69.6 cm³/mol. The third kappa shape index (κ3) is 2.77. The van der Waals surface area contributed by atoms with Crippen molar-refractivity contribution in [1.82, 2.24) is 0 Å². The van der Waals surface area contributed by atoms with Crippen LogP contribution in [0.2, 0.25) is 0 Å². The molecule has 2 aromatic carbocycles. The van der Waals surface area contributed by atoms with Crippen molar-refractivity contribution in [2.75, 3.05) is 0 Å². The average Bonchev–Trinajstić information content (AvgIpc) is 2.39. The second-order valence-electron chi connectivity index (χ2n) is 3.88. The number of benzene rings is 2. The molecule has 19 heavy (non-hydrogen) atoms. The fourth-order valence-corrected chi connectivity index (χ4v) is 1.66. The van der Waals surface area contributed by atoms with E-state index in [0.717, 1.165) is 0 Å². The lowest BCUT2D eigenvalue weighted by Gasteiger charge is -2.09. The van der Waals surface area contributed by atoms with Crippen molar-refractivity contribution < 1.29 is 14.5 Å². The summed E-state index contributed by atoms with van der Waals surface area (Å²) in [5, 5.41) is 10.9. The number of hydrogen-bond donors (Lipinski definition) is 0. The molecule has 0 saturated heterocycles. The first-order chi connectivity index (χ1) is 9.09. The van der Waals surface area contributed by atoms with Gasteiger partial charge in [-0.3, -0.25) is 14.9 Å². The molecule has 96 valence electrons. The quantitative estimate of drug-likeness (QED) is 0.476. The highest BCUT2D eigenvalue weighted by molar-refractivity contribution is 5.96. The van der Waals surface area contributed by atoms with Crippen molar-refractivity contribution in [2.24, 2.45) is 0 Å². The van der Waals surface area contributed by atoms with E-state index in [9.17, 15) is 14.9 Å². The molecule has 0 aliphatic carbocycles. The monoisotopic (exact) mass is 257 g/mol. The highest BCUT2D eigenvalue weighted by Crippen LogP contribution is 2.32. The number of nitro benzene ring substituents is 1. The molecular formula is C14H11NO4. The molecule has 0 spiro atoms. The van der Waals surface area contributed by atoms with Crippen molar-refractivity contribution in [3.63, 3.8) is 0 Å². The Labute approximate surface area is 109 Å². The van der Waals surface area contributed by atoms with Crippen LogP contribution in [-0.4, -0.2) is 10.7 Å². The molecule has 2 rings (SSSR count). The maximum atomic E-state index is 11.5. The van der Waals surface area contributed by atoms with Crippen molar-refractivity contribution in [2.45, 2.75) is 6.92 Å². The molecule has 0 radical (unpaired) electrons. The van der Waals surface area contributed by atoms with Gasteiger partial charge >= 0.3 is 5.69 Å². The number of ether oxygens (including phenoxy) is 1. The molecule has 0 aliphatic rings. The topological polar surface area (TPSA) is 69.4 Å². The van der Waals surface area contributed by atoms with Gasteiger partial charge in [-0.2, -0.15) is 0 Å². The number of nitro groups is 1. The van der Waals surface area contributed by atoms with Gasteiger partial charge in [0.25, 0.3) is 0 Å². The zero-order valence-corrected chi connectivity index (χ0v) is 10.2. The number of rotatable bonds is 4. The Hall–Kier alpha value is -2.69. The molecule has 2 aromatic rings.